The van der Waals surface area contributed by atoms with E-state index in [1.807, 2.05) is 43.3 Å². The Bertz CT molecular complexity index is 948. The molecule has 1 amide bonds. The van der Waals surface area contributed by atoms with Crippen LogP contribution < -0.4 is 10.2 Å². The summed E-state index contributed by atoms with van der Waals surface area (Å²) in [4.78, 5) is 24.2. The summed E-state index contributed by atoms with van der Waals surface area (Å²) in [7, 11) is 0. The van der Waals surface area contributed by atoms with Crippen molar-refractivity contribution in [1.82, 2.24) is 9.97 Å². The van der Waals surface area contributed by atoms with Gasteiger partial charge in [-0.2, -0.15) is 0 Å². The van der Waals surface area contributed by atoms with E-state index in [0.717, 1.165) is 35.4 Å². The molecule has 3 aromatic rings. The van der Waals surface area contributed by atoms with Gasteiger partial charge in [-0.1, -0.05) is 30.3 Å². The number of aromatic nitrogens is 2. The molecule has 3 heterocycles. The summed E-state index contributed by atoms with van der Waals surface area (Å²) in [6.45, 7) is 3.95. The van der Waals surface area contributed by atoms with E-state index in [9.17, 15) is 4.79 Å². The largest absolute Gasteiger partial charge is 0.356 e. The van der Waals surface area contributed by atoms with Crippen LogP contribution in [-0.4, -0.2) is 29.0 Å². The number of fused-ring (bicyclic) bond motifs is 1. The Morgan fingerprint density at radius 1 is 1.00 bits per heavy atom. The molecule has 0 atom stereocenters. The van der Waals surface area contributed by atoms with Crippen molar-refractivity contribution < 1.29 is 4.79 Å². The molecule has 1 fully saturated rings. The van der Waals surface area contributed by atoms with E-state index in [1.54, 1.807) is 12.3 Å². The molecule has 0 radical (unpaired) electrons. The van der Waals surface area contributed by atoms with E-state index < -0.39 is 0 Å². The van der Waals surface area contributed by atoms with Crippen LogP contribution in [0, 0.1) is 6.92 Å². The Balaban J connectivity index is 1.70. The van der Waals surface area contributed by atoms with E-state index in [-0.39, 0.29) is 5.91 Å². The van der Waals surface area contributed by atoms with Gasteiger partial charge < -0.3 is 10.2 Å². The first-order valence-electron chi connectivity index (χ1n) is 9.10. The minimum absolute atomic E-state index is 0.183. The van der Waals surface area contributed by atoms with Gasteiger partial charge in [-0.15, -0.1) is 0 Å². The Hall–Kier alpha value is -2.95. The second-order valence-corrected chi connectivity index (χ2v) is 6.71. The molecule has 5 heteroatoms. The van der Waals surface area contributed by atoms with Crippen molar-refractivity contribution in [2.75, 3.05) is 23.3 Å². The molecular weight excluding hydrogens is 324 g/mol. The fourth-order valence-corrected chi connectivity index (χ4v) is 3.51. The highest BCUT2D eigenvalue weighted by molar-refractivity contribution is 6.14. The third kappa shape index (κ3) is 3.25. The number of nitrogens with zero attached hydrogens (tertiary/aromatic N) is 3. The summed E-state index contributed by atoms with van der Waals surface area (Å²) in [5.41, 5.74) is 1.44. The normalized spacial score (nSPS) is 14.4. The molecule has 0 spiro atoms. The lowest BCUT2D eigenvalue weighted by Crippen LogP contribution is -2.30. The number of anilines is 2. The van der Waals surface area contributed by atoms with Crippen LogP contribution in [0.25, 0.3) is 10.8 Å². The minimum Gasteiger partial charge on any atom is -0.356 e. The molecule has 0 aliphatic carbocycles. The van der Waals surface area contributed by atoms with Crippen LogP contribution in [0.4, 0.5) is 11.6 Å². The smallest absolute Gasteiger partial charge is 0.259 e. The van der Waals surface area contributed by atoms with Crippen LogP contribution in [0.2, 0.25) is 0 Å². The number of hydrogen-bond donors (Lipinski definition) is 1. The summed E-state index contributed by atoms with van der Waals surface area (Å²) in [6.07, 6.45) is 5.35. The fraction of sp³-hybridized carbons (Fsp3) is 0.286. The van der Waals surface area contributed by atoms with Gasteiger partial charge in [-0.25, -0.2) is 9.97 Å². The number of aryl methyl sites for hydroxylation is 1. The second kappa shape index (κ2) is 7.12. The lowest BCUT2D eigenvalue weighted by molar-refractivity contribution is 0.102. The summed E-state index contributed by atoms with van der Waals surface area (Å²) < 4.78 is 0. The van der Waals surface area contributed by atoms with Crippen LogP contribution in [0.5, 0.6) is 0 Å². The first-order chi connectivity index (χ1) is 12.7. The monoisotopic (exact) mass is 346 g/mol. The number of benzene rings is 1. The number of carbonyl (C=O) groups excluding carboxylic acids is 1. The highest BCUT2D eigenvalue weighted by atomic mass is 16.1. The van der Waals surface area contributed by atoms with Gasteiger partial charge in [0, 0.05) is 30.4 Å². The fourth-order valence-electron chi connectivity index (χ4n) is 3.51. The number of piperidine rings is 1. The van der Waals surface area contributed by atoms with Gasteiger partial charge in [-0.3, -0.25) is 4.79 Å². The Kier molecular flexibility index (Phi) is 4.52. The van der Waals surface area contributed by atoms with Crippen LogP contribution in [-0.2, 0) is 0 Å². The van der Waals surface area contributed by atoms with Gasteiger partial charge in [0.05, 0.1) is 5.56 Å². The van der Waals surface area contributed by atoms with Crippen molar-refractivity contribution in [3.05, 3.63) is 59.9 Å². The van der Waals surface area contributed by atoms with E-state index >= 15 is 0 Å². The summed E-state index contributed by atoms with van der Waals surface area (Å²) in [6, 6.07) is 13.6. The van der Waals surface area contributed by atoms with Gasteiger partial charge in [0.25, 0.3) is 5.91 Å². The maximum atomic E-state index is 12.8. The maximum absolute atomic E-state index is 12.8. The number of nitrogens with one attached hydrogen (secondary N) is 1. The molecular formula is C21H22N4O. The molecule has 0 unspecified atom stereocenters. The molecule has 26 heavy (non-hydrogen) atoms. The summed E-state index contributed by atoms with van der Waals surface area (Å²) in [5, 5.41) is 4.84. The first-order valence-corrected chi connectivity index (χ1v) is 9.10. The SMILES string of the molecule is Cc1cccc(NC(=O)c2cnc(N3CCCCC3)c3ccccc23)n1. The number of hydrogen-bond acceptors (Lipinski definition) is 4. The molecule has 1 aliphatic heterocycles. The van der Waals surface area contributed by atoms with Crippen molar-refractivity contribution in [3.63, 3.8) is 0 Å². The Morgan fingerprint density at radius 2 is 1.77 bits per heavy atom. The third-order valence-corrected chi connectivity index (χ3v) is 4.80. The number of pyridine rings is 2. The Labute approximate surface area is 153 Å². The lowest BCUT2D eigenvalue weighted by Gasteiger charge is -2.29. The molecule has 1 saturated heterocycles. The third-order valence-electron chi connectivity index (χ3n) is 4.80. The van der Waals surface area contributed by atoms with Crippen molar-refractivity contribution >= 4 is 28.3 Å². The summed E-state index contributed by atoms with van der Waals surface area (Å²) >= 11 is 0. The number of carbonyl (C=O) groups is 1. The van der Waals surface area contributed by atoms with Gasteiger partial charge in [0.1, 0.15) is 11.6 Å². The lowest BCUT2D eigenvalue weighted by atomic mass is 10.0. The van der Waals surface area contributed by atoms with Crippen molar-refractivity contribution in [3.8, 4) is 0 Å². The van der Waals surface area contributed by atoms with Crippen molar-refractivity contribution in [1.29, 1.82) is 0 Å². The topological polar surface area (TPSA) is 58.1 Å². The predicted octanol–water partition coefficient (Wildman–Crippen LogP) is 4.18. The van der Waals surface area contributed by atoms with Crippen LogP contribution in [0.3, 0.4) is 0 Å². The van der Waals surface area contributed by atoms with Crippen LogP contribution in [0.15, 0.2) is 48.7 Å². The average molecular weight is 346 g/mol. The molecule has 5 nitrogen and oxygen atoms in total. The molecule has 1 aromatic carbocycles. The molecule has 2 aromatic heterocycles. The molecule has 0 saturated carbocycles. The zero-order chi connectivity index (χ0) is 17.9. The minimum atomic E-state index is -0.183. The van der Waals surface area contributed by atoms with E-state index in [1.165, 1.54) is 19.3 Å². The molecule has 1 N–H and O–H groups in total. The van der Waals surface area contributed by atoms with Gasteiger partial charge in [0.2, 0.25) is 0 Å². The molecule has 132 valence electrons. The zero-order valence-electron chi connectivity index (χ0n) is 14.9. The maximum Gasteiger partial charge on any atom is 0.259 e. The van der Waals surface area contributed by atoms with Gasteiger partial charge >= 0.3 is 0 Å². The van der Waals surface area contributed by atoms with Crippen molar-refractivity contribution in [2.45, 2.75) is 26.2 Å². The van der Waals surface area contributed by atoms with E-state index in [2.05, 4.69) is 20.2 Å². The van der Waals surface area contributed by atoms with Gasteiger partial charge in [0.15, 0.2) is 0 Å². The quantitative estimate of drug-likeness (QED) is 0.773. The standard InChI is InChI=1S/C21H22N4O/c1-15-8-7-11-19(23-15)24-21(26)18-14-22-20(25-12-5-2-6-13-25)17-10-4-3-9-16(17)18/h3-4,7-11,14H,2,5-6,12-13H2,1H3,(H,23,24,26). The van der Waals surface area contributed by atoms with Crippen LogP contribution in [0.1, 0.15) is 35.3 Å². The molecule has 1 aliphatic rings. The summed E-state index contributed by atoms with van der Waals surface area (Å²) in [5.74, 6) is 1.35. The molecule has 0 bridgehead atoms. The molecule has 4 rings (SSSR count). The van der Waals surface area contributed by atoms with Crippen molar-refractivity contribution in [2.24, 2.45) is 0 Å². The van der Waals surface area contributed by atoms with E-state index in [4.69, 9.17) is 0 Å². The number of rotatable bonds is 3. The number of amides is 1. The average Bonchev–Trinajstić information content (AvgIpc) is 2.68. The zero-order valence-corrected chi connectivity index (χ0v) is 14.9. The van der Waals surface area contributed by atoms with Gasteiger partial charge in [-0.05, 0) is 43.7 Å². The first kappa shape index (κ1) is 16.5. The van der Waals surface area contributed by atoms with Crippen LogP contribution >= 0.6 is 0 Å². The highest BCUT2D eigenvalue weighted by Gasteiger charge is 2.19. The predicted molar refractivity (Wildman–Crippen MR) is 105 cm³/mol. The highest BCUT2D eigenvalue weighted by Crippen LogP contribution is 2.29. The van der Waals surface area contributed by atoms with E-state index in [0.29, 0.717) is 11.4 Å². The second-order valence-electron chi connectivity index (χ2n) is 6.71. The Morgan fingerprint density at radius 3 is 2.54 bits per heavy atom.